The minimum absolute atomic E-state index is 0.152. The Morgan fingerprint density at radius 2 is 2.10 bits per heavy atom. The number of hydrogen-bond acceptors (Lipinski definition) is 3. The lowest BCUT2D eigenvalue weighted by atomic mass is 9.95. The summed E-state index contributed by atoms with van der Waals surface area (Å²) in [5.41, 5.74) is 1.34. The highest BCUT2D eigenvalue weighted by atomic mass is 16.5. The maximum atomic E-state index is 11.2. The second-order valence-corrected chi connectivity index (χ2v) is 6.19. The van der Waals surface area contributed by atoms with Gasteiger partial charge in [0, 0.05) is 11.6 Å². The molecule has 0 aliphatic heterocycles. The molecule has 21 heavy (non-hydrogen) atoms. The van der Waals surface area contributed by atoms with Gasteiger partial charge in [-0.15, -0.1) is 0 Å². The van der Waals surface area contributed by atoms with Crippen LogP contribution in [0.5, 0.6) is 5.75 Å². The minimum Gasteiger partial charge on any atom is -0.492 e. The molecule has 0 fully saturated rings. The molecule has 0 saturated heterocycles. The van der Waals surface area contributed by atoms with Crippen LogP contribution in [0.4, 0.5) is 0 Å². The number of nitrogens with one attached hydrogen (secondary N) is 1. The lowest BCUT2D eigenvalue weighted by Gasteiger charge is -2.23. The Morgan fingerprint density at radius 3 is 2.67 bits per heavy atom. The molecule has 1 unspecified atom stereocenters. The number of hydrogen-bond donors (Lipinski definition) is 2. The molecular formula is C17H27NO3. The Bertz CT molecular complexity index is 483. The highest BCUT2D eigenvalue weighted by Gasteiger charge is 2.28. The van der Waals surface area contributed by atoms with E-state index in [4.69, 9.17) is 9.84 Å². The number of carbonyl (C=O) groups is 1. The van der Waals surface area contributed by atoms with Crippen molar-refractivity contribution in [2.75, 3.05) is 13.2 Å². The largest absolute Gasteiger partial charge is 0.492 e. The van der Waals surface area contributed by atoms with Gasteiger partial charge in [-0.05, 0) is 46.7 Å². The quantitative estimate of drug-likeness (QED) is 0.769. The second-order valence-electron chi connectivity index (χ2n) is 6.19. The zero-order chi connectivity index (χ0) is 16.0. The highest BCUT2D eigenvalue weighted by Crippen LogP contribution is 2.28. The Hall–Kier alpha value is -1.55. The van der Waals surface area contributed by atoms with Gasteiger partial charge < -0.3 is 15.2 Å². The predicted molar refractivity (Wildman–Crippen MR) is 84.8 cm³/mol. The van der Waals surface area contributed by atoms with Crippen molar-refractivity contribution >= 4 is 5.97 Å². The van der Waals surface area contributed by atoms with E-state index in [1.165, 1.54) is 5.56 Å². The van der Waals surface area contributed by atoms with Gasteiger partial charge in [0.15, 0.2) is 0 Å². The first-order valence-electron chi connectivity index (χ1n) is 7.48. The summed E-state index contributed by atoms with van der Waals surface area (Å²) in [6.45, 7) is 10.7. The summed E-state index contributed by atoms with van der Waals surface area (Å²) >= 11 is 0. The molecule has 0 aliphatic rings. The van der Waals surface area contributed by atoms with Crippen molar-refractivity contribution in [3.63, 3.8) is 0 Å². The van der Waals surface area contributed by atoms with Gasteiger partial charge in [0.05, 0.1) is 5.41 Å². The van der Waals surface area contributed by atoms with Gasteiger partial charge in [-0.25, -0.2) is 0 Å². The van der Waals surface area contributed by atoms with Crippen molar-refractivity contribution in [3.05, 3.63) is 29.3 Å². The van der Waals surface area contributed by atoms with Crippen LogP contribution in [0.1, 0.15) is 51.3 Å². The third-order valence-corrected chi connectivity index (χ3v) is 3.50. The Labute approximate surface area is 127 Å². The maximum absolute atomic E-state index is 11.2. The van der Waals surface area contributed by atoms with E-state index in [0.29, 0.717) is 0 Å². The van der Waals surface area contributed by atoms with E-state index in [0.717, 1.165) is 24.3 Å². The molecule has 4 heteroatoms. The number of carboxylic acids is 1. The fraction of sp³-hybridized carbons (Fsp3) is 0.588. The summed E-state index contributed by atoms with van der Waals surface area (Å²) in [5, 5.41) is 12.6. The van der Waals surface area contributed by atoms with Crippen LogP contribution in [0.25, 0.3) is 0 Å². The van der Waals surface area contributed by atoms with Gasteiger partial charge in [0.25, 0.3) is 0 Å². The maximum Gasteiger partial charge on any atom is 0.312 e. The van der Waals surface area contributed by atoms with Crippen molar-refractivity contribution in [1.29, 1.82) is 0 Å². The summed E-state index contributed by atoms with van der Waals surface area (Å²) in [6, 6.07) is 6.18. The molecule has 1 rings (SSSR count). The molecular weight excluding hydrogens is 266 g/mol. The molecule has 1 aromatic rings. The zero-order valence-corrected chi connectivity index (χ0v) is 13.7. The number of aryl methyl sites for hydroxylation is 1. The van der Waals surface area contributed by atoms with Crippen LogP contribution in [0, 0.1) is 12.3 Å². The van der Waals surface area contributed by atoms with Crippen LogP contribution < -0.4 is 10.1 Å². The number of carboxylic acid groups (broad SMARTS) is 1. The van der Waals surface area contributed by atoms with Gasteiger partial charge in [0.1, 0.15) is 12.4 Å². The van der Waals surface area contributed by atoms with Crippen molar-refractivity contribution in [1.82, 2.24) is 5.32 Å². The molecule has 2 N–H and O–H groups in total. The number of aliphatic carboxylic acids is 1. The van der Waals surface area contributed by atoms with Crippen molar-refractivity contribution in [2.24, 2.45) is 5.41 Å². The van der Waals surface area contributed by atoms with E-state index in [9.17, 15) is 4.79 Å². The van der Waals surface area contributed by atoms with Crippen molar-refractivity contribution in [3.8, 4) is 5.75 Å². The Balaban J connectivity index is 2.89. The van der Waals surface area contributed by atoms with Crippen LogP contribution in [-0.4, -0.2) is 24.2 Å². The van der Waals surface area contributed by atoms with Crippen molar-refractivity contribution < 1.29 is 14.6 Å². The molecule has 0 spiro atoms. The fourth-order valence-corrected chi connectivity index (χ4v) is 1.93. The molecule has 0 amide bonds. The first kappa shape index (κ1) is 17.5. The van der Waals surface area contributed by atoms with Crippen LogP contribution in [0.3, 0.4) is 0 Å². The summed E-state index contributed by atoms with van der Waals surface area (Å²) in [4.78, 5) is 11.2. The molecule has 118 valence electrons. The second kappa shape index (κ2) is 7.46. The summed E-state index contributed by atoms with van der Waals surface area (Å²) in [5.74, 6) is -0.0978. The Morgan fingerprint density at radius 1 is 1.43 bits per heavy atom. The molecule has 0 saturated carbocycles. The Kier molecular flexibility index (Phi) is 6.21. The lowest BCUT2D eigenvalue weighted by Crippen LogP contribution is -2.31. The average molecular weight is 293 g/mol. The molecule has 1 aromatic carbocycles. The van der Waals surface area contributed by atoms with Crippen LogP contribution in [-0.2, 0) is 4.79 Å². The molecule has 0 aliphatic carbocycles. The van der Waals surface area contributed by atoms with Gasteiger partial charge >= 0.3 is 5.97 Å². The topological polar surface area (TPSA) is 58.6 Å². The summed E-state index contributed by atoms with van der Waals surface area (Å²) in [6.07, 6.45) is 1.07. The van der Waals surface area contributed by atoms with Crippen LogP contribution in [0.2, 0.25) is 0 Å². The smallest absolute Gasteiger partial charge is 0.312 e. The number of ether oxygens (including phenoxy) is 1. The molecule has 0 radical (unpaired) electrons. The normalized spacial score (nSPS) is 13.0. The van der Waals surface area contributed by atoms with E-state index in [1.807, 2.05) is 19.1 Å². The molecule has 0 heterocycles. The zero-order valence-electron chi connectivity index (χ0n) is 13.7. The first-order valence-corrected chi connectivity index (χ1v) is 7.48. The number of rotatable bonds is 8. The molecule has 0 aromatic heterocycles. The highest BCUT2D eigenvalue weighted by molar-refractivity contribution is 5.73. The lowest BCUT2D eigenvalue weighted by molar-refractivity contribution is -0.148. The average Bonchev–Trinajstić information content (AvgIpc) is 2.43. The standard InChI is InChI=1S/C17H27NO3/c1-6-9-18-13(3)14-10-12(2)7-8-15(14)21-11-17(4,5)16(19)20/h7-8,10,13,18H,6,9,11H2,1-5H3,(H,19,20). The van der Waals surface area contributed by atoms with Crippen LogP contribution >= 0.6 is 0 Å². The molecule has 1 atom stereocenters. The van der Waals surface area contributed by atoms with Gasteiger partial charge in [-0.2, -0.15) is 0 Å². The monoisotopic (exact) mass is 293 g/mol. The first-order chi connectivity index (χ1) is 9.77. The summed E-state index contributed by atoms with van der Waals surface area (Å²) in [7, 11) is 0. The van der Waals surface area contributed by atoms with E-state index in [-0.39, 0.29) is 12.6 Å². The van der Waals surface area contributed by atoms with Gasteiger partial charge in [-0.1, -0.05) is 24.6 Å². The van der Waals surface area contributed by atoms with Gasteiger partial charge in [-0.3, -0.25) is 4.79 Å². The van der Waals surface area contributed by atoms with E-state index in [1.54, 1.807) is 13.8 Å². The van der Waals surface area contributed by atoms with E-state index >= 15 is 0 Å². The predicted octanol–water partition coefficient (Wildman–Crippen LogP) is 3.55. The molecule has 0 bridgehead atoms. The minimum atomic E-state index is -0.901. The van der Waals surface area contributed by atoms with Gasteiger partial charge in [0.2, 0.25) is 0 Å². The summed E-state index contributed by atoms with van der Waals surface area (Å²) < 4.78 is 5.80. The number of benzene rings is 1. The van der Waals surface area contributed by atoms with E-state index in [2.05, 4.69) is 25.2 Å². The van der Waals surface area contributed by atoms with Crippen LogP contribution in [0.15, 0.2) is 18.2 Å². The fourth-order valence-electron chi connectivity index (χ4n) is 1.93. The molecule has 4 nitrogen and oxygen atoms in total. The van der Waals surface area contributed by atoms with Crippen molar-refractivity contribution in [2.45, 2.75) is 47.1 Å². The van der Waals surface area contributed by atoms with E-state index < -0.39 is 11.4 Å². The third-order valence-electron chi connectivity index (χ3n) is 3.50. The SMILES string of the molecule is CCCNC(C)c1cc(C)ccc1OCC(C)(C)C(=O)O. The third kappa shape index (κ3) is 5.05.